The number of nitrogens with zero attached hydrogens (tertiary/aromatic N) is 5. The first-order valence-electron chi connectivity index (χ1n) is 10.4. The summed E-state index contributed by atoms with van der Waals surface area (Å²) in [4.78, 5) is 16.1. The van der Waals surface area contributed by atoms with E-state index in [9.17, 15) is 0 Å². The van der Waals surface area contributed by atoms with Crippen molar-refractivity contribution in [2.24, 2.45) is 0 Å². The number of hydrogen-bond acceptors (Lipinski definition) is 7. The van der Waals surface area contributed by atoms with Crippen molar-refractivity contribution < 1.29 is 9.47 Å². The van der Waals surface area contributed by atoms with E-state index in [1.165, 1.54) is 0 Å². The van der Waals surface area contributed by atoms with Crippen molar-refractivity contribution >= 4 is 16.7 Å². The number of pyridine rings is 2. The lowest BCUT2D eigenvalue weighted by Crippen LogP contribution is -2.44. The second-order valence-corrected chi connectivity index (χ2v) is 7.94. The molecule has 1 aliphatic heterocycles. The summed E-state index contributed by atoms with van der Waals surface area (Å²) < 4.78 is 12.0. The highest BCUT2D eigenvalue weighted by atomic mass is 16.5. The fourth-order valence-corrected chi connectivity index (χ4v) is 4.36. The van der Waals surface area contributed by atoms with Crippen LogP contribution in [0.5, 0.6) is 5.88 Å². The van der Waals surface area contributed by atoms with E-state index in [4.69, 9.17) is 14.5 Å². The highest BCUT2D eigenvalue weighted by Gasteiger charge is 2.27. The third kappa shape index (κ3) is 3.76. The number of fused-ring (bicyclic) bond motifs is 1. The molecule has 1 saturated carbocycles. The standard InChI is InChI=1S/C21H26N6O2/c1-14-12-28-10-9-27(14)19-11-18-17(3-2-8-22-18)21(25-19)29-16-6-4-15(5-7-16)20-23-13-24-26-20/h2-3,8,11,13-16H,4-7,9-10,12H2,1H3,(H,23,24,26)/t14-,15?,16?/m0/s1. The van der Waals surface area contributed by atoms with Crippen molar-refractivity contribution in [3.63, 3.8) is 0 Å². The van der Waals surface area contributed by atoms with Gasteiger partial charge in [-0.25, -0.2) is 4.98 Å². The minimum atomic E-state index is 0.155. The summed E-state index contributed by atoms with van der Waals surface area (Å²) in [5.74, 6) is 3.02. The topological polar surface area (TPSA) is 89.0 Å². The largest absolute Gasteiger partial charge is 0.474 e. The van der Waals surface area contributed by atoms with Crippen LogP contribution < -0.4 is 9.64 Å². The quantitative estimate of drug-likeness (QED) is 0.727. The molecule has 1 atom stereocenters. The number of aromatic nitrogens is 5. The first-order valence-corrected chi connectivity index (χ1v) is 10.4. The minimum Gasteiger partial charge on any atom is -0.474 e. The number of ether oxygens (including phenoxy) is 2. The van der Waals surface area contributed by atoms with Crippen molar-refractivity contribution in [3.05, 3.63) is 36.5 Å². The molecule has 0 radical (unpaired) electrons. The van der Waals surface area contributed by atoms with Crippen molar-refractivity contribution in [2.75, 3.05) is 24.7 Å². The normalized spacial score (nSPS) is 25.3. The van der Waals surface area contributed by atoms with Gasteiger partial charge in [-0.15, -0.1) is 0 Å². The molecule has 2 aliphatic rings. The molecule has 8 heteroatoms. The Bertz CT molecular complexity index is 955. The molecular formula is C21H26N6O2. The molecule has 1 N–H and O–H groups in total. The summed E-state index contributed by atoms with van der Waals surface area (Å²) in [6, 6.07) is 6.32. The lowest BCUT2D eigenvalue weighted by atomic mass is 9.87. The smallest absolute Gasteiger partial charge is 0.225 e. The Labute approximate surface area is 169 Å². The lowest BCUT2D eigenvalue weighted by Gasteiger charge is -2.34. The van der Waals surface area contributed by atoms with E-state index < -0.39 is 0 Å². The average Bonchev–Trinajstić information content (AvgIpc) is 3.29. The summed E-state index contributed by atoms with van der Waals surface area (Å²) >= 11 is 0. The molecule has 1 aliphatic carbocycles. The molecule has 0 unspecified atom stereocenters. The maximum atomic E-state index is 6.45. The zero-order valence-corrected chi connectivity index (χ0v) is 16.6. The van der Waals surface area contributed by atoms with Crippen LogP contribution in [0.1, 0.15) is 44.3 Å². The molecule has 3 aromatic rings. The van der Waals surface area contributed by atoms with Crippen LogP contribution in [0.15, 0.2) is 30.7 Å². The molecule has 5 rings (SSSR count). The van der Waals surface area contributed by atoms with Crippen molar-refractivity contribution in [1.82, 2.24) is 25.1 Å². The number of anilines is 1. The van der Waals surface area contributed by atoms with Gasteiger partial charge < -0.3 is 14.4 Å². The van der Waals surface area contributed by atoms with Gasteiger partial charge in [0.25, 0.3) is 0 Å². The maximum Gasteiger partial charge on any atom is 0.225 e. The van der Waals surface area contributed by atoms with E-state index in [0.29, 0.717) is 25.0 Å². The van der Waals surface area contributed by atoms with Crippen LogP contribution in [-0.2, 0) is 4.74 Å². The number of rotatable bonds is 4. The van der Waals surface area contributed by atoms with Crippen LogP contribution in [0, 0.1) is 0 Å². The summed E-state index contributed by atoms with van der Waals surface area (Å²) in [6.45, 7) is 4.42. The molecule has 0 aromatic carbocycles. The predicted molar refractivity (Wildman–Crippen MR) is 109 cm³/mol. The Morgan fingerprint density at radius 2 is 2.10 bits per heavy atom. The molecule has 3 aromatic heterocycles. The first-order chi connectivity index (χ1) is 14.3. The van der Waals surface area contributed by atoms with Gasteiger partial charge in [0.1, 0.15) is 24.1 Å². The monoisotopic (exact) mass is 394 g/mol. The Balaban J connectivity index is 1.37. The first kappa shape index (κ1) is 18.3. The maximum absolute atomic E-state index is 6.45. The van der Waals surface area contributed by atoms with Crippen LogP contribution in [0.25, 0.3) is 10.9 Å². The Kier molecular flexibility index (Phi) is 5.01. The molecule has 4 heterocycles. The molecule has 29 heavy (non-hydrogen) atoms. The van der Waals surface area contributed by atoms with Gasteiger partial charge in [0, 0.05) is 24.7 Å². The van der Waals surface area contributed by atoms with E-state index in [2.05, 4.69) is 38.1 Å². The van der Waals surface area contributed by atoms with Crippen LogP contribution in [0.3, 0.4) is 0 Å². The number of morpholine rings is 1. The zero-order chi connectivity index (χ0) is 19.6. The zero-order valence-electron chi connectivity index (χ0n) is 16.6. The van der Waals surface area contributed by atoms with Crippen LogP contribution in [0.2, 0.25) is 0 Å². The number of H-pyrrole nitrogens is 1. The Hall–Kier alpha value is -2.74. The second kappa shape index (κ2) is 7.94. The number of hydrogen-bond donors (Lipinski definition) is 1. The fraction of sp³-hybridized carbons (Fsp3) is 0.524. The van der Waals surface area contributed by atoms with Crippen molar-refractivity contribution in [2.45, 2.75) is 50.7 Å². The predicted octanol–water partition coefficient (Wildman–Crippen LogP) is 3.08. The van der Waals surface area contributed by atoms with E-state index >= 15 is 0 Å². The Morgan fingerprint density at radius 3 is 2.90 bits per heavy atom. The molecule has 2 fully saturated rings. The summed E-state index contributed by atoms with van der Waals surface area (Å²) in [6.07, 6.45) is 7.59. The summed E-state index contributed by atoms with van der Waals surface area (Å²) in [7, 11) is 0. The third-order valence-corrected chi connectivity index (χ3v) is 5.99. The van der Waals surface area contributed by atoms with Gasteiger partial charge in [0.15, 0.2) is 0 Å². The van der Waals surface area contributed by atoms with Crippen molar-refractivity contribution in [3.8, 4) is 5.88 Å². The van der Waals surface area contributed by atoms with Gasteiger partial charge in [-0.3, -0.25) is 10.1 Å². The van der Waals surface area contributed by atoms with Gasteiger partial charge in [-0.1, -0.05) is 0 Å². The van der Waals surface area contributed by atoms with Gasteiger partial charge >= 0.3 is 0 Å². The van der Waals surface area contributed by atoms with Gasteiger partial charge in [-0.05, 0) is 44.7 Å². The SMILES string of the molecule is C[C@H]1COCCN1c1cc2ncccc2c(OC2CCC(c3ncn[nH]3)CC2)n1. The van der Waals surface area contributed by atoms with E-state index in [-0.39, 0.29) is 12.1 Å². The Morgan fingerprint density at radius 1 is 1.21 bits per heavy atom. The fourth-order valence-electron chi connectivity index (χ4n) is 4.36. The number of aromatic amines is 1. The van der Waals surface area contributed by atoms with Gasteiger partial charge in [0.2, 0.25) is 5.88 Å². The second-order valence-electron chi connectivity index (χ2n) is 7.94. The molecule has 0 amide bonds. The number of nitrogens with one attached hydrogen (secondary N) is 1. The molecule has 1 saturated heterocycles. The minimum absolute atomic E-state index is 0.155. The van der Waals surface area contributed by atoms with Crippen LogP contribution in [-0.4, -0.2) is 57.1 Å². The summed E-state index contributed by atoms with van der Waals surface area (Å²) in [5, 5.41) is 7.95. The molecule has 8 nitrogen and oxygen atoms in total. The van der Waals surface area contributed by atoms with E-state index in [0.717, 1.165) is 54.8 Å². The van der Waals surface area contributed by atoms with Gasteiger partial charge in [-0.2, -0.15) is 10.1 Å². The van der Waals surface area contributed by atoms with Crippen LogP contribution in [0.4, 0.5) is 5.82 Å². The van der Waals surface area contributed by atoms with Crippen LogP contribution >= 0.6 is 0 Å². The summed E-state index contributed by atoms with van der Waals surface area (Å²) in [5.41, 5.74) is 0.918. The molecular weight excluding hydrogens is 368 g/mol. The molecule has 152 valence electrons. The van der Waals surface area contributed by atoms with E-state index in [1.807, 2.05) is 18.3 Å². The highest BCUT2D eigenvalue weighted by molar-refractivity contribution is 5.85. The third-order valence-electron chi connectivity index (χ3n) is 5.99. The highest BCUT2D eigenvalue weighted by Crippen LogP contribution is 2.35. The lowest BCUT2D eigenvalue weighted by molar-refractivity contribution is 0.0982. The van der Waals surface area contributed by atoms with Gasteiger partial charge in [0.05, 0.1) is 30.2 Å². The average molecular weight is 394 g/mol. The van der Waals surface area contributed by atoms with Crippen molar-refractivity contribution in [1.29, 1.82) is 0 Å². The molecule has 0 bridgehead atoms. The molecule has 0 spiro atoms. The van der Waals surface area contributed by atoms with E-state index in [1.54, 1.807) is 6.33 Å².